The molecular weight excluding hydrogens is 208 g/mol. The predicted octanol–water partition coefficient (Wildman–Crippen LogP) is 3.38. The standard InChI is InChI=1S/C8H11BrS/c1-7-8(3-2-5-9)4-6-10-7/h4,6H,2-3,5H2,1H3. The molecule has 0 bridgehead atoms. The third-order valence-corrected chi connectivity index (χ3v) is 2.99. The van der Waals surface area contributed by atoms with Crippen LogP contribution in [0.5, 0.6) is 0 Å². The van der Waals surface area contributed by atoms with Crippen LogP contribution in [0.3, 0.4) is 0 Å². The van der Waals surface area contributed by atoms with E-state index in [1.54, 1.807) is 0 Å². The van der Waals surface area contributed by atoms with Gasteiger partial charge in [0.2, 0.25) is 0 Å². The van der Waals surface area contributed by atoms with Gasteiger partial charge in [-0.05, 0) is 36.8 Å². The lowest BCUT2D eigenvalue weighted by Gasteiger charge is -1.94. The van der Waals surface area contributed by atoms with E-state index in [-0.39, 0.29) is 0 Å². The molecule has 1 heterocycles. The molecule has 1 rings (SSSR count). The fourth-order valence-corrected chi connectivity index (χ4v) is 1.97. The molecule has 0 aliphatic carbocycles. The van der Waals surface area contributed by atoms with Gasteiger partial charge in [-0.25, -0.2) is 0 Å². The van der Waals surface area contributed by atoms with Gasteiger partial charge in [0, 0.05) is 10.2 Å². The average molecular weight is 219 g/mol. The van der Waals surface area contributed by atoms with Gasteiger partial charge in [-0.1, -0.05) is 15.9 Å². The van der Waals surface area contributed by atoms with Gasteiger partial charge in [-0.2, -0.15) is 0 Å². The van der Waals surface area contributed by atoms with E-state index < -0.39 is 0 Å². The zero-order chi connectivity index (χ0) is 7.40. The molecule has 0 fully saturated rings. The summed E-state index contributed by atoms with van der Waals surface area (Å²) < 4.78 is 0. The minimum atomic E-state index is 1.11. The second kappa shape index (κ2) is 4.14. The molecule has 0 saturated carbocycles. The zero-order valence-corrected chi connectivity index (χ0v) is 8.46. The van der Waals surface area contributed by atoms with Crippen LogP contribution < -0.4 is 0 Å². The van der Waals surface area contributed by atoms with Gasteiger partial charge >= 0.3 is 0 Å². The highest BCUT2D eigenvalue weighted by molar-refractivity contribution is 9.09. The van der Waals surface area contributed by atoms with Gasteiger partial charge in [0.15, 0.2) is 0 Å². The summed E-state index contributed by atoms with van der Waals surface area (Å²) in [5.41, 5.74) is 1.52. The molecule has 1 aromatic heterocycles. The van der Waals surface area contributed by atoms with Crippen LogP contribution in [0.1, 0.15) is 16.9 Å². The molecule has 0 spiro atoms. The number of thiophene rings is 1. The summed E-state index contributed by atoms with van der Waals surface area (Å²) in [6.07, 6.45) is 2.47. The van der Waals surface area contributed by atoms with Gasteiger partial charge in [0.25, 0.3) is 0 Å². The average Bonchev–Trinajstić information content (AvgIpc) is 2.31. The van der Waals surface area contributed by atoms with E-state index in [0.29, 0.717) is 0 Å². The summed E-state index contributed by atoms with van der Waals surface area (Å²) in [5, 5.41) is 3.28. The molecular formula is C8H11BrS. The number of aryl methyl sites for hydroxylation is 2. The Bertz CT molecular complexity index is 193. The molecule has 0 amide bonds. The first-order valence-corrected chi connectivity index (χ1v) is 5.43. The maximum atomic E-state index is 3.42. The summed E-state index contributed by atoms with van der Waals surface area (Å²) in [6, 6.07) is 2.22. The lowest BCUT2D eigenvalue weighted by molar-refractivity contribution is 0.937. The first kappa shape index (κ1) is 8.28. The number of alkyl halides is 1. The zero-order valence-electron chi connectivity index (χ0n) is 6.06. The molecule has 0 N–H and O–H groups in total. The molecule has 0 unspecified atom stereocenters. The van der Waals surface area contributed by atoms with Crippen LogP contribution in [-0.2, 0) is 6.42 Å². The van der Waals surface area contributed by atoms with E-state index in [9.17, 15) is 0 Å². The molecule has 0 aromatic carbocycles. The molecule has 0 nitrogen and oxygen atoms in total. The highest BCUT2D eigenvalue weighted by atomic mass is 79.9. The fourth-order valence-electron chi connectivity index (χ4n) is 0.928. The van der Waals surface area contributed by atoms with Crippen LogP contribution in [0.4, 0.5) is 0 Å². The summed E-state index contributed by atoms with van der Waals surface area (Å²) in [7, 11) is 0. The van der Waals surface area contributed by atoms with Crippen molar-refractivity contribution in [1.82, 2.24) is 0 Å². The third-order valence-electron chi connectivity index (χ3n) is 1.55. The van der Waals surface area contributed by atoms with Gasteiger partial charge in [-0.15, -0.1) is 11.3 Å². The molecule has 0 aliphatic heterocycles. The van der Waals surface area contributed by atoms with Crippen LogP contribution in [0.2, 0.25) is 0 Å². The third kappa shape index (κ3) is 2.10. The quantitative estimate of drug-likeness (QED) is 0.683. The van der Waals surface area contributed by atoms with Crippen molar-refractivity contribution in [2.45, 2.75) is 19.8 Å². The van der Waals surface area contributed by atoms with Crippen molar-refractivity contribution in [3.8, 4) is 0 Å². The summed E-state index contributed by atoms with van der Waals surface area (Å²) in [4.78, 5) is 1.47. The molecule has 1 aromatic rings. The molecule has 0 aliphatic rings. The van der Waals surface area contributed by atoms with E-state index in [1.807, 2.05) is 11.3 Å². The summed E-state index contributed by atoms with van der Waals surface area (Å²) in [5.74, 6) is 0. The molecule has 10 heavy (non-hydrogen) atoms. The van der Waals surface area contributed by atoms with Crippen LogP contribution in [0.15, 0.2) is 11.4 Å². The van der Waals surface area contributed by atoms with Gasteiger partial charge in [0.1, 0.15) is 0 Å². The van der Waals surface area contributed by atoms with Crippen molar-refractivity contribution >= 4 is 27.3 Å². The molecule has 0 saturated heterocycles. The number of halogens is 1. The normalized spacial score (nSPS) is 10.2. The van der Waals surface area contributed by atoms with Crippen molar-refractivity contribution < 1.29 is 0 Å². The van der Waals surface area contributed by atoms with Crippen LogP contribution in [-0.4, -0.2) is 5.33 Å². The minimum Gasteiger partial charge on any atom is -0.149 e. The minimum absolute atomic E-state index is 1.11. The Kier molecular flexibility index (Phi) is 3.43. The van der Waals surface area contributed by atoms with Gasteiger partial charge in [0.05, 0.1) is 0 Å². The second-order valence-corrected chi connectivity index (χ2v) is 4.21. The maximum absolute atomic E-state index is 3.42. The topological polar surface area (TPSA) is 0 Å². The van der Waals surface area contributed by atoms with E-state index in [4.69, 9.17) is 0 Å². The fraction of sp³-hybridized carbons (Fsp3) is 0.500. The van der Waals surface area contributed by atoms with Crippen molar-refractivity contribution in [2.75, 3.05) is 5.33 Å². The molecule has 56 valence electrons. The van der Waals surface area contributed by atoms with Crippen molar-refractivity contribution in [3.63, 3.8) is 0 Å². The first-order chi connectivity index (χ1) is 4.84. The van der Waals surface area contributed by atoms with Crippen molar-refractivity contribution in [1.29, 1.82) is 0 Å². The van der Waals surface area contributed by atoms with Crippen LogP contribution in [0, 0.1) is 6.92 Å². The summed E-state index contributed by atoms with van der Waals surface area (Å²) >= 11 is 5.26. The van der Waals surface area contributed by atoms with E-state index in [0.717, 1.165) is 5.33 Å². The Labute approximate surface area is 74.4 Å². The van der Waals surface area contributed by atoms with Crippen LogP contribution >= 0.6 is 27.3 Å². The number of hydrogen-bond acceptors (Lipinski definition) is 1. The predicted molar refractivity (Wildman–Crippen MR) is 51.2 cm³/mol. The van der Waals surface area contributed by atoms with Gasteiger partial charge in [-0.3, -0.25) is 0 Å². The smallest absolute Gasteiger partial charge is 0.00461 e. The number of hydrogen-bond donors (Lipinski definition) is 0. The Morgan fingerprint density at radius 2 is 2.40 bits per heavy atom. The van der Waals surface area contributed by atoms with Crippen molar-refractivity contribution in [2.24, 2.45) is 0 Å². The molecule has 0 atom stereocenters. The Balaban J connectivity index is 2.49. The highest BCUT2D eigenvalue weighted by Gasteiger charge is 1.96. The molecule has 2 heteroatoms. The summed E-state index contributed by atoms with van der Waals surface area (Å²) in [6.45, 7) is 2.19. The van der Waals surface area contributed by atoms with Gasteiger partial charge < -0.3 is 0 Å². The largest absolute Gasteiger partial charge is 0.149 e. The first-order valence-electron chi connectivity index (χ1n) is 3.43. The van der Waals surface area contributed by atoms with E-state index >= 15 is 0 Å². The van der Waals surface area contributed by atoms with Crippen LogP contribution in [0.25, 0.3) is 0 Å². The monoisotopic (exact) mass is 218 g/mol. The second-order valence-electron chi connectivity index (χ2n) is 2.29. The number of rotatable bonds is 3. The lowest BCUT2D eigenvalue weighted by Crippen LogP contribution is -1.84. The van der Waals surface area contributed by atoms with E-state index in [2.05, 4.69) is 34.3 Å². The Morgan fingerprint density at radius 1 is 1.60 bits per heavy atom. The maximum Gasteiger partial charge on any atom is 0.00461 e. The van der Waals surface area contributed by atoms with Crippen molar-refractivity contribution in [3.05, 3.63) is 21.9 Å². The Hall–Kier alpha value is 0.180. The molecule has 0 radical (unpaired) electrons. The lowest BCUT2D eigenvalue weighted by atomic mass is 10.2. The SMILES string of the molecule is Cc1sccc1CCCBr. The van der Waals surface area contributed by atoms with E-state index in [1.165, 1.54) is 23.3 Å². The highest BCUT2D eigenvalue weighted by Crippen LogP contribution is 2.16. The Morgan fingerprint density at radius 3 is 2.90 bits per heavy atom.